The van der Waals surface area contributed by atoms with Gasteiger partial charge in [-0.2, -0.15) is 0 Å². The summed E-state index contributed by atoms with van der Waals surface area (Å²) in [6.07, 6.45) is 5.50. The largest absolute Gasteiger partial charge is 0.493 e. The molecule has 2 aromatic heterocycles. The number of fused-ring (bicyclic) bond motifs is 1. The van der Waals surface area contributed by atoms with Crippen LogP contribution in [-0.4, -0.2) is 39.6 Å². The molecule has 2 unspecified atom stereocenters. The van der Waals surface area contributed by atoms with Crippen LogP contribution in [0.5, 0.6) is 11.5 Å². The van der Waals surface area contributed by atoms with Gasteiger partial charge in [-0.25, -0.2) is 24.3 Å². The van der Waals surface area contributed by atoms with Gasteiger partial charge >= 0.3 is 0 Å². The molecule has 1 aliphatic rings. The lowest BCUT2D eigenvalue weighted by Gasteiger charge is -2.13. The fourth-order valence-electron chi connectivity index (χ4n) is 3.55. The van der Waals surface area contributed by atoms with Gasteiger partial charge < -0.3 is 14.8 Å². The second-order valence-corrected chi connectivity index (χ2v) is 8.72. The third-order valence-corrected chi connectivity index (χ3v) is 6.05. The van der Waals surface area contributed by atoms with Crippen molar-refractivity contribution in [1.29, 1.82) is 0 Å². The quantitative estimate of drug-likeness (QED) is 0.340. The highest BCUT2D eigenvalue weighted by Crippen LogP contribution is 2.40. The molecule has 2 aromatic carbocycles. The van der Waals surface area contributed by atoms with E-state index in [9.17, 15) is 9.18 Å². The van der Waals surface area contributed by atoms with Crippen molar-refractivity contribution >= 4 is 45.9 Å². The zero-order valence-electron chi connectivity index (χ0n) is 19.2. The highest BCUT2D eigenvalue weighted by atomic mass is 35.5. The number of carbonyl (C=O) groups is 1. The molecular formula is C25H21ClFN6O3. The lowest BCUT2D eigenvalue weighted by atomic mass is 10.2. The topological polar surface area (TPSA) is 111 Å². The molecule has 9 nitrogen and oxygen atoms in total. The van der Waals surface area contributed by atoms with Crippen LogP contribution in [0.1, 0.15) is 16.8 Å². The SMILES string of the molecule is [CH2]C1CC1COc1cc2ncnc(Nc3cnc(NC(=O)c4ccc(F)c(Cl)c4)nc3)c2cc1OC. The van der Waals surface area contributed by atoms with E-state index in [0.29, 0.717) is 52.3 Å². The third-order valence-electron chi connectivity index (χ3n) is 5.76. The Bertz CT molecular complexity index is 1440. The number of nitrogens with zero attached hydrogens (tertiary/aromatic N) is 4. The predicted molar refractivity (Wildman–Crippen MR) is 133 cm³/mol. The van der Waals surface area contributed by atoms with E-state index >= 15 is 0 Å². The number of methoxy groups -OCH3 is 1. The molecule has 1 fully saturated rings. The van der Waals surface area contributed by atoms with E-state index in [4.69, 9.17) is 21.1 Å². The van der Waals surface area contributed by atoms with Crippen molar-refractivity contribution in [3.63, 3.8) is 0 Å². The molecule has 2 atom stereocenters. The highest BCUT2D eigenvalue weighted by molar-refractivity contribution is 6.31. The lowest BCUT2D eigenvalue weighted by Crippen LogP contribution is -2.14. The van der Waals surface area contributed by atoms with Gasteiger partial charge in [0, 0.05) is 17.0 Å². The van der Waals surface area contributed by atoms with Crippen molar-refractivity contribution < 1.29 is 18.7 Å². The number of rotatable bonds is 8. The maximum atomic E-state index is 13.3. The van der Waals surface area contributed by atoms with Crippen LogP contribution in [0.15, 0.2) is 49.1 Å². The van der Waals surface area contributed by atoms with Crippen molar-refractivity contribution in [3.05, 3.63) is 72.4 Å². The smallest absolute Gasteiger partial charge is 0.258 e. The van der Waals surface area contributed by atoms with Gasteiger partial charge in [0.1, 0.15) is 18.0 Å². The van der Waals surface area contributed by atoms with Crippen molar-refractivity contribution in [2.75, 3.05) is 24.4 Å². The zero-order valence-corrected chi connectivity index (χ0v) is 19.9. The van der Waals surface area contributed by atoms with E-state index < -0.39 is 11.7 Å². The summed E-state index contributed by atoms with van der Waals surface area (Å²) in [5.74, 6) is 1.55. The molecule has 0 bridgehead atoms. The Labute approximate surface area is 211 Å². The number of aromatic nitrogens is 4. The van der Waals surface area contributed by atoms with Crippen molar-refractivity contribution in [1.82, 2.24) is 19.9 Å². The molecule has 0 aliphatic heterocycles. The first-order valence-electron chi connectivity index (χ1n) is 11.1. The van der Waals surface area contributed by atoms with Crippen molar-refractivity contribution in [2.24, 2.45) is 11.8 Å². The molecule has 4 aromatic rings. The van der Waals surface area contributed by atoms with Crippen LogP contribution in [0.3, 0.4) is 0 Å². The zero-order chi connectivity index (χ0) is 25.2. The molecule has 0 spiro atoms. The summed E-state index contributed by atoms with van der Waals surface area (Å²) in [5, 5.41) is 6.27. The molecule has 1 saturated carbocycles. The first-order valence-corrected chi connectivity index (χ1v) is 11.4. The van der Waals surface area contributed by atoms with Crippen LogP contribution >= 0.6 is 11.6 Å². The molecule has 2 N–H and O–H groups in total. The third kappa shape index (κ3) is 5.13. The second-order valence-electron chi connectivity index (χ2n) is 8.31. The van der Waals surface area contributed by atoms with E-state index in [0.717, 1.165) is 12.5 Å². The summed E-state index contributed by atoms with van der Waals surface area (Å²) in [6, 6.07) is 7.30. The number of ether oxygens (including phenoxy) is 2. The highest BCUT2D eigenvalue weighted by Gasteiger charge is 2.33. The summed E-state index contributed by atoms with van der Waals surface area (Å²) >= 11 is 5.74. The summed E-state index contributed by atoms with van der Waals surface area (Å²) in [5.41, 5.74) is 1.39. The molecule has 183 valence electrons. The van der Waals surface area contributed by atoms with Crippen LogP contribution in [0.25, 0.3) is 10.9 Å². The van der Waals surface area contributed by atoms with Gasteiger partial charge in [-0.15, -0.1) is 0 Å². The summed E-state index contributed by atoms with van der Waals surface area (Å²) in [6.45, 7) is 4.62. The number of hydrogen-bond donors (Lipinski definition) is 2. The Morgan fingerprint density at radius 1 is 1.17 bits per heavy atom. The van der Waals surface area contributed by atoms with Crippen molar-refractivity contribution in [3.8, 4) is 11.5 Å². The fraction of sp³-hybridized carbons (Fsp3) is 0.200. The van der Waals surface area contributed by atoms with Gasteiger partial charge in [-0.05, 0) is 49.4 Å². The minimum atomic E-state index is -0.607. The van der Waals surface area contributed by atoms with E-state index in [2.05, 4.69) is 37.5 Å². The monoisotopic (exact) mass is 507 g/mol. The standard InChI is InChI=1S/C25H21ClFN6O3/c1-13-5-15(13)11-36-22-8-20-17(7-21(22)35-2)23(31-12-30-20)32-16-9-28-25(29-10-16)33-24(34)14-3-4-19(27)18(26)6-14/h3-4,6-10,12-13,15H,1,5,11H2,2H3,(H,30,31,32)(H,28,29,33,34). The normalized spacial score (nSPS) is 16.4. The maximum absolute atomic E-state index is 13.3. The summed E-state index contributed by atoms with van der Waals surface area (Å²) < 4.78 is 24.8. The number of anilines is 3. The van der Waals surface area contributed by atoms with Gasteiger partial charge in [0.05, 0.1) is 42.3 Å². The lowest BCUT2D eigenvalue weighted by molar-refractivity contribution is 0.102. The number of nitrogens with one attached hydrogen (secondary N) is 2. The first kappa shape index (κ1) is 23.7. The number of halogens is 2. The van der Waals surface area contributed by atoms with Crippen LogP contribution in [0, 0.1) is 24.6 Å². The first-order chi connectivity index (χ1) is 17.4. The predicted octanol–water partition coefficient (Wildman–Crippen LogP) is 5.07. The van der Waals surface area contributed by atoms with Gasteiger partial charge in [0.2, 0.25) is 5.95 Å². The Kier molecular flexibility index (Phi) is 6.51. The van der Waals surface area contributed by atoms with E-state index in [1.54, 1.807) is 7.11 Å². The fourth-order valence-corrected chi connectivity index (χ4v) is 3.73. The van der Waals surface area contributed by atoms with E-state index in [1.165, 1.54) is 30.9 Å². The Morgan fingerprint density at radius 3 is 2.64 bits per heavy atom. The molecule has 1 radical (unpaired) electrons. The number of amides is 1. The minimum absolute atomic E-state index is 0.0715. The Morgan fingerprint density at radius 2 is 1.94 bits per heavy atom. The molecule has 11 heteroatoms. The van der Waals surface area contributed by atoms with Crippen LogP contribution in [-0.2, 0) is 0 Å². The molecule has 36 heavy (non-hydrogen) atoms. The minimum Gasteiger partial charge on any atom is -0.493 e. The summed E-state index contributed by atoms with van der Waals surface area (Å²) in [4.78, 5) is 29.4. The van der Waals surface area contributed by atoms with Gasteiger partial charge in [0.25, 0.3) is 5.91 Å². The Hall–Kier alpha value is -4.05. The maximum Gasteiger partial charge on any atom is 0.258 e. The van der Waals surface area contributed by atoms with Crippen LogP contribution < -0.4 is 20.1 Å². The average molecular weight is 508 g/mol. The number of carbonyl (C=O) groups excluding carboxylic acids is 1. The van der Waals surface area contributed by atoms with Gasteiger partial charge in [0.15, 0.2) is 11.5 Å². The molecule has 5 rings (SSSR count). The van der Waals surface area contributed by atoms with E-state index in [1.807, 2.05) is 12.1 Å². The van der Waals surface area contributed by atoms with E-state index in [-0.39, 0.29) is 16.5 Å². The summed E-state index contributed by atoms with van der Waals surface area (Å²) in [7, 11) is 1.58. The molecule has 2 heterocycles. The van der Waals surface area contributed by atoms with Crippen LogP contribution in [0.4, 0.5) is 21.8 Å². The average Bonchev–Trinajstić information content (AvgIpc) is 3.60. The van der Waals surface area contributed by atoms with Crippen LogP contribution in [0.2, 0.25) is 5.02 Å². The number of hydrogen-bond acceptors (Lipinski definition) is 8. The van der Waals surface area contributed by atoms with Gasteiger partial charge in [-0.3, -0.25) is 10.1 Å². The molecule has 0 saturated heterocycles. The van der Waals surface area contributed by atoms with Gasteiger partial charge in [-0.1, -0.05) is 11.6 Å². The molecule has 1 amide bonds. The number of benzene rings is 2. The van der Waals surface area contributed by atoms with Crippen molar-refractivity contribution in [2.45, 2.75) is 6.42 Å². The molecule has 1 aliphatic carbocycles. The molecular weight excluding hydrogens is 487 g/mol. The second kappa shape index (κ2) is 9.90. The Balaban J connectivity index is 1.31.